The van der Waals surface area contributed by atoms with Crippen molar-refractivity contribution < 1.29 is 37.3 Å². The van der Waals surface area contributed by atoms with E-state index in [-0.39, 0.29) is 23.0 Å². The van der Waals surface area contributed by atoms with Gasteiger partial charge in [-0.1, -0.05) is 160 Å². The lowest BCUT2D eigenvalue weighted by Gasteiger charge is -2.08. The second-order valence-corrected chi connectivity index (χ2v) is 17.3. The van der Waals surface area contributed by atoms with Crippen LogP contribution in [0.3, 0.4) is 0 Å². The van der Waals surface area contributed by atoms with Crippen molar-refractivity contribution in [3.05, 3.63) is 143 Å². The maximum absolute atomic E-state index is 14.7. The third-order valence-electron chi connectivity index (χ3n) is 11.6. The van der Waals surface area contributed by atoms with E-state index in [4.69, 9.17) is 18.9 Å². The minimum atomic E-state index is -0.601. The lowest BCUT2D eigenvalue weighted by atomic mass is 10.1. The molecule has 362 valence electrons. The van der Waals surface area contributed by atoms with Crippen molar-refractivity contribution in [3.8, 4) is 23.0 Å². The molecule has 0 saturated heterocycles. The Labute approximate surface area is 403 Å². The van der Waals surface area contributed by atoms with Gasteiger partial charge in [-0.05, 0) is 84.6 Å². The summed E-state index contributed by atoms with van der Waals surface area (Å²) in [4.78, 5) is 34.7. The van der Waals surface area contributed by atoms with E-state index in [1.165, 1.54) is 121 Å². The van der Waals surface area contributed by atoms with Gasteiger partial charge in [0, 0.05) is 30.6 Å². The summed E-state index contributed by atoms with van der Waals surface area (Å²) >= 11 is 0. The molecule has 0 saturated carbocycles. The summed E-state index contributed by atoms with van der Waals surface area (Å²) in [6, 6.07) is 28.8. The second kappa shape index (κ2) is 31.0. The summed E-state index contributed by atoms with van der Waals surface area (Å²) in [6.07, 6.45) is 27.7. The van der Waals surface area contributed by atoms with Crippen LogP contribution in [0.25, 0.3) is 0 Å². The Morgan fingerprint density at radius 3 is 1.15 bits per heavy atom. The fourth-order valence-electron chi connectivity index (χ4n) is 7.56. The highest BCUT2D eigenvalue weighted by Crippen LogP contribution is 2.26. The average Bonchev–Trinajstić information content (AvgIpc) is 3.35. The maximum atomic E-state index is 14.7. The molecule has 0 amide bonds. The summed E-state index contributed by atoms with van der Waals surface area (Å²) in [5.41, 5.74) is 2.90. The number of benzene rings is 5. The van der Waals surface area contributed by atoms with E-state index < -0.39 is 23.6 Å². The molecule has 5 aromatic carbocycles. The topological polar surface area (TPSA) is 95.8 Å². The number of ether oxygens (including phenoxy) is 4. The molecule has 0 aliphatic heterocycles. The van der Waals surface area contributed by atoms with Gasteiger partial charge in [0.15, 0.2) is 23.1 Å². The Morgan fingerprint density at radius 2 is 0.794 bits per heavy atom. The molecule has 0 aliphatic carbocycles. The van der Waals surface area contributed by atoms with E-state index in [0.29, 0.717) is 46.8 Å². The standard InChI is InChI=1S/C58H70F2N2O6/c1-3-5-7-9-11-13-15-17-19-21-38-65-55-36-34-49(40-53(55)59)61-43-45-26-30-47(31-27-45)57(63)67-51-24-23-25-52(42-51)68-58(64)48-32-28-46(29-33-48)44-62-50-35-37-56(54(60)41-50)66-39-22-20-18-16-14-12-10-8-6-4-2/h23-37,40-44H,3-22,38-39H2,1-2H3. The highest BCUT2D eigenvalue weighted by molar-refractivity contribution is 5.93. The summed E-state index contributed by atoms with van der Waals surface area (Å²) in [5.74, 6) is -1.29. The molecule has 0 aromatic heterocycles. The Kier molecular flexibility index (Phi) is 24.1. The lowest BCUT2D eigenvalue weighted by molar-refractivity contribution is 0.0732. The smallest absolute Gasteiger partial charge is 0.343 e. The molecule has 5 rings (SSSR count). The third-order valence-corrected chi connectivity index (χ3v) is 11.6. The van der Waals surface area contributed by atoms with Gasteiger partial charge in [0.25, 0.3) is 0 Å². The molecule has 0 heterocycles. The van der Waals surface area contributed by atoms with Crippen LogP contribution in [0.4, 0.5) is 20.2 Å². The van der Waals surface area contributed by atoms with Gasteiger partial charge >= 0.3 is 11.9 Å². The van der Waals surface area contributed by atoms with Crippen molar-refractivity contribution in [2.75, 3.05) is 13.2 Å². The van der Waals surface area contributed by atoms with Crippen LogP contribution in [0.1, 0.15) is 174 Å². The Morgan fingerprint density at radius 1 is 0.441 bits per heavy atom. The molecule has 0 N–H and O–H groups in total. The SMILES string of the molecule is CCCCCCCCCCCCOc1ccc(N=Cc2ccc(C(=O)Oc3cccc(OC(=O)c4ccc(C=Nc5ccc(OCCCCCCCCCCCC)c(F)c5)cc4)c3)cc2)cc1F. The Balaban J connectivity index is 0.997. The molecule has 0 spiro atoms. The number of nitrogens with zero attached hydrogens (tertiary/aromatic N) is 2. The Bertz CT molecular complexity index is 2150. The monoisotopic (exact) mass is 929 g/mol. The summed E-state index contributed by atoms with van der Waals surface area (Å²) in [5, 5.41) is 0. The van der Waals surface area contributed by atoms with Crippen LogP contribution >= 0.6 is 0 Å². The zero-order chi connectivity index (χ0) is 48.0. The van der Waals surface area contributed by atoms with Gasteiger partial charge in [-0.2, -0.15) is 0 Å². The van der Waals surface area contributed by atoms with Crippen LogP contribution in [-0.2, 0) is 0 Å². The number of halogens is 2. The van der Waals surface area contributed by atoms with Crippen molar-refractivity contribution in [3.63, 3.8) is 0 Å². The van der Waals surface area contributed by atoms with Crippen molar-refractivity contribution >= 4 is 35.7 Å². The molecule has 68 heavy (non-hydrogen) atoms. The molecule has 0 unspecified atom stereocenters. The maximum Gasteiger partial charge on any atom is 0.343 e. The zero-order valence-electron chi connectivity index (χ0n) is 40.2. The number of aliphatic imine (C=N–C) groups is 2. The van der Waals surface area contributed by atoms with Crippen molar-refractivity contribution in [1.29, 1.82) is 0 Å². The van der Waals surface area contributed by atoms with Crippen LogP contribution in [0.5, 0.6) is 23.0 Å². The average molecular weight is 929 g/mol. The van der Waals surface area contributed by atoms with Crippen LogP contribution < -0.4 is 18.9 Å². The highest BCUT2D eigenvalue weighted by atomic mass is 19.1. The van der Waals surface area contributed by atoms with Crippen LogP contribution in [0, 0.1) is 11.6 Å². The van der Waals surface area contributed by atoms with Crippen LogP contribution in [0.2, 0.25) is 0 Å². The van der Waals surface area contributed by atoms with Crippen LogP contribution in [-0.4, -0.2) is 37.6 Å². The number of carbonyl (C=O) groups excluding carboxylic acids is 2. The quantitative estimate of drug-likeness (QED) is 0.0184. The van der Waals surface area contributed by atoms with Gasteiger partial charge in [-0.25, -0.2) is 18.4 Å². The normalized spacial score (nSPS) is 11.4. The van der Waals surface area contributed by atoms with E-state index in [2.05, 4.69) is 23.8 Å². The van der Waals surface area contributed by atoms with Gasteiger partial charge in [0.2, 0.25) is 0 Å². The number of hydrogen-bond acceptors (Lipinski definition) is 8. The summed E-state index contributed by atoms with van der Waals surface area (Å²) in [6.45, 7) is 5.44. The molecule has 0 atom stereocenters. The Hall–Kier alpha value is -6.16. The van der Waals surface area contributed by atoms with E-state index in [9.17, 15) is 18.4 Å². The molecule has 10 heteroatoms. The lowest BCUT2D eigenvalue weighted by Crippen LogP contribution is -2.10. The first-order chi connectivity index (χ1) is 33.3. The van der Waals surface area contributed by atoms with Crippen molar-refractivity contribution in [1.82, 2.24) is 0 Å². The summed E-state index contributed by atoms with van der Waals surface area (Å²) in [7, 11) is 0. The molecule has 0 bridgehead atoms. The molecule has 8 nitrogen and oxygen atoms in total. The first kappa shape index (κ1) is 52.8. The number of carbonyl (C=O) groups is 2. The molecular formula is C58H70F2N2O6. The third kappa shape index (κ3) is 20.0. The van der Waals surface area contributed by atoms with E-state index >= 15 is 0 Å². The van der Waals surface area contributed by atoms with Gasteiger partial charge < -0.3 is 18.9 Å². The highest BCUT2D eigenvalue weighted by Gasteiger charge is 2.13. The van der Waals surface area contributed by atoms with Gasteiger partial charge in [-0.3, -0.25) is 9.98 Å². The zero-order valence-corrected chi connectivity index (χ0v) is 40.2. The van der Waals surface area contributed by atoms with Gasteiger partial charge in [-0.15, -0.1) is 0 Å². The molecule has 0 fully saturated rings. The predicted octanol–water partition coefficient (Wildman–Crippen LogP) is 16.5. The number of unbranched alkanes of at least 4 members (excludes halogenated alkanes) is 18. The largest absolute Gasteiger partial charge is 0.491 e. The predicted molar refractivity (Wildman–Crippen MR) is 271 cm³/mol. The number of rotatable bonds is 32. The molecule has 5 aromatic rings. The minimum Gasteiger partial charge on any atom is -0.491 e. The van der Waals surface area contributed by atoms with E-state index in [1.807, 2.05) is 0 Å². The first-order valence-corrected chi connectivity index (χ1v) is 25.0. The van der Waals surface area contributed by atoms with E-state index in [0.717, 1.165) is 25.7 Å². The van der Waals surface area contributed by atoms with Crippen molar-refractivity contribution in [2.24, 2.45) is 9.98 Å². The first-order valence-electron chi connectivity index (χ1n) is 25.0. The number of esters is 2. The van der Waals surface area contributed by atoms with Gasteiger partial charge in [0.1, 0.15) is 11.5 Å². The van der Waals surface area contributed by atoms with E-state index in [1.54, 1.807) is 103 Å². The van der Waals surface area contributed by atoms with Gasteiger partial charge in [0.05, 0.1) is 35.7 Å². The fraction of sp³-hybridized carbons (Fsp3) is 0.414. The summed E-state index contributed by atoms with van der Waals surface area (Å²) < 4.78 is 52.0. The van der Waals surface area contributed by atoms with Crippen LogP contribution in [0.15, 0.2) is 119 Å². The molecular weight excluding hydrogens is 859 g/mol. The second-order valence-electron chi connectivity index (χ2n) is 17.3. The minimum absolute atomic E-state index is 0.195. The molecule has 0 radical (unpaired) electrons. The number of hydrogen-bond donors (Lipinski definition) is 0. The fourth-order valence-corrected chi connectivity index (χ4v) is 7.56. The molecule has 0 aliphatic rings. The van der Waals surface area contributed by atoms with Crippen molar-refractivity contribution in [2.45, 2.75) is 142 Å².